The van der Waals surface area contributed by atoms with E-state index in [0.29, 0.717) is 24.2 Å². The minimum absolute atomic E-state index is 0.266. The molecule has 1 amide bonds. The van der Waals surface area contributed by atoms with E-state index < -0.39 is 0 Å². The van der Waals surface area contributed by atoms with Gasteiger partial charge in [0.1, 0.15) is 23.3 Å². The molecule has 1 saturated heterocycles. The Morgan fingerprint density at radius 2 is 1.89 bits per heavy atom. The molecule has 0 unspecified atom stereocenters. The number of azo groups is 1. The number of benzene rings is 2. The van der Waals surface area contributed by atoms with Crippen LogP contribution in [0.1, 0.15) is 56.0 Å². The van der Waals surface area contributed by atoms with E-state index in [-0.39, 0.29) is 5.91 Å². The van der Waals surface area contributed by atoms with Crippen LogP contribution in [0.3, 0.4) is 0 Å². The highest BCUT2D eigenvalue weighted by atomic mass is 32.1. The Morgan fingerprint density at radius 1 is 1.09 bits per heavy atom. The molecule has 1 aromatic heterocycles. The predicted molar refractivity (Wildman–Crippen MR) is 141 cm³/mol. The molecule has 1 aliphatic rings. The summed E-state index contributed by atoms with van der Waals surface area (Å²) in [4.78, 5) is 21.3. The van der Waals surface area contributed by atoms with Gasteiger partial charge in [0, 0.05) is 38.3 Å². The van der Waals surface area contributed by atoms with Crippen LogP contribution in [0.15, 0.2) is 52.7 Å². The van der Waals surface area contributed by atoms with Crippen LogP contribution in [0.5, 0.6) is 0 Å². The molecule has 1 fully saturated rings. The van der Waals surface area contributed by atoms with Crippen LogP contribution < -0.4 is 4.90 Å². The van der Waals surface area contributed by atoms with E-state index in [2.05, 4.69) is 33.1 Å². The molecule has 0 spiro atoms. The van der Waals surface area contributed by atoms with Gasteiger partial charge in [-0.2, -0.15) is 15.5 Å². The maximum absolute atomic E-state index is 12.5. The molecule has 0 aliphatic carbocycles. The third kappa shape index (κ3) is 6.64. The lowest BCUT2D eigenvalue weighted by Crippen LogP contribution is -2.48. The zero-order valence-corrected chi connectivity index (χ0v) is 21.1. The van der Waals surface area contributed by atoms with Crippen molar-refractivity contribution in [1.29, 1.82) is 5.26 Å². The second-order valence-electron chi connectivity index (χ2n) is 8.82. The van der Waals surface area contributed by atoms with Crippen LogP contribution in [0.2, 0.25) is 0 Å². The minimum Gasteiger partial charge on any atom is -0.368 e. The number of nitrogens with zero attached hydrogens (tertiary/aromatic N) is 6. The van der Waals surface area contributed by atoms with Gasteiger partial charge in [-0.05, 0) is 36.8 Å². The van der Waals surface area contributed by atoms with Gasteiger partial charge < -0.3 is 9.80 Å². The lowest BCUT2D eigenvalue weighted by atomic mass is 10.1. The number of unbranched alkanes of at least 4 members (excludes halogenated alkanes) is 4. The number of piperazine rings is 1. The standard InChI is InChI=1S/C27H32N6OS/c1-2-3-4-5-6-11-27(34)33-16-14-32(15-17-33)22-12-13-23(21(18-22)19-28)31-29-20-26-30-24-9-7-8-10-25(24)35-26/h7-10,12-13,18H,2-6,11,14-17,20H2,1H3. The highest BCUT2D eigenvalue weighted by Gasteiger charge is 2.21. The minimum atomic E-state index is 0.266. The molecular formula is C27H32N6OS. The molecule has 0 saturated carbocycles. The van der Waals surface area contributed by atoms with Gasteiger partial charge in [-0.15, -0.1) is 11.3 Å². The van der Waals surface area contributed by atoms with Crippen molar-refractivity contribution in [3.8, 4) is 6.07 Å². The fourth-order valence-electron chi connectivity index (χ4n) is 4.31. The van der Waals surface area contributed by atoms with Gasteiger partial charge in [0.15, 0.2) is 0 Å². The molecule has 0 bridgehead atoms. The van der Waals surface area contributed by atoms with Crippen molar-refractivity contribution in [1.82, 2.24) is 9.88 Å². The molecule has 0 N–H and O–H groups in total. The van der Waals surface area contributed by atoms with Crippen molar-refractivity contribution >= 4 is 38.8 Å². The Hall–Kier alpha value is -3.31. The number of anilines is 1. The summed E-state index contributed by atoms with van der Waals surface area (Å²) < 4.78 is 1.13. The summed E-state index contributed by atoms with van der Waals surface area (Å²) in [5.41, 5.74) is 3.02. The van der Waals surface area contributed by atoms with Gasteiger partial charge in [-0.1, -0.05) is 44.7 Å². The van der Waals surface area contributed by atoms with Gasteiger partial charge in [0.05, 0.1) is 15.8 Å². The topological polar surface area (TPSA) is 85.0 Å². The van der Waals surface area contributed by atoms with E-state index in [4.69, 9.17) is 0 Å². The van der Waals surface area contributed by atoms with E-state index >= 15 is 0 Å². The van der Waals surface area contributed by atoms with Crippen LogP contribution >= 0.6 is 11.3 Å². The summed E-state index contributed by atoms with van der Waals surface area (Å²) in [5, 5.41) is 19.2. The van der Waals surface area contributed by atoms with Crippen molar-refractivity contribution in [2.24, 2.45) is 10.2 Å². The lowest BCUT2D eigenvalue weighted by Gasteiger charge is -2.36. The van der Waals surface area contributed by atoms with E-state index in [1.807, 2.05) is 47.4 Å². The molecule has 4 rings (SSSR count). The van der Waals surface area contributed by atoms with Crippen molar-refractivity contribution < 1.29 is 4.79 Å². The summed E-state index contributed by atoms with van der Waals surface area (Å²) in [6.07, 6.45) is 6.47. The first-order chi connectivity index (χ1) is 17.2. The second-order valence-corrected chi connectivity index (χ2v) is 9.94. The summed E-state index contributed by atoms with van der Waals surface area (Å²) in [6.45, 7) is 5.57. The molecule has 2 aromatic carbocycles. The first-order valence-electron chi connectivity index (χ1n) is 12.5. The van der Waals surface area contributed by atoms with E-state index in [1.54, 1.807) is 11.3 Å². The molecule has 2 heterocycles. The Labute approximate surface area is 211 Å². The summed E-state index contributed by atoms with van der Waals surface area (Å²) in [6, 6.07) is 16.0. The van der Waals surface area contributed by atoms with E-state index in [1.165, 1.54) is 19.3 Å². The third-order valence-electron chi connectivity index (χ3n) is 6.31. The van der Waals surface area contributed by atoms with Gasteiger partial charge in [0.25, 0.3) is 0 Å². The van der Waals surface area contributed by atoms with E-state index in [9.17, 15) is 10.1 Å². The van der Waals surface area contributed by atoms with Crippen LogP contribution in [-0.2, 0) is 11.3 Å². The summed E-state index contributed by atoms with van der Waals surface area (Å²) in [7, 11) is 0. The molecular weight excluding hydrogens is 456 g/mol. The number of rotatable bonds is 10. The summed E-state index contributed by atoms with van der Waals surface area (Å²) >= 11 is 1.61. The van der Waals surface area contributed by atoms with Gasteiger partial charge in [-0.25, -0.2) is 4.98 Å². The largest absolute Gasteiger partial charge is 0.368 e. The molecule has 0 atom stereocenters. The summed E-state index contributed by atoms with van der Waals surface area (Å²) in [5.74, 6) is 0.266. The third-order valence-corrected chi connectivity index (χ3v) is 7.34. The lowest BCUT2D eigenvalue weighted by molar-refractivity contribution is -0.131. The van der Waals surface area contributed by atoms with Gasteiger partial charge in [-0.3, -0.25) is 4.79 Å². The van der Waals surface area contributed by atoms with Crippen LogP contribution in [0.4, 0.5) is 11.4 Å². The molecule has 0 radical (unpaired) electrons. The highest BCUT2D eigenvalue weighted by Crippen LogP contribution is 2.27. The number of hydrogen-bond acceptors (Lipinski definition) is 7. The Balaban J connectivity index is 1.30. The number of thiazole rings is 1. The quantitative estimate of drug-likeness (QED) is 0.242. The fraction of sp³-hybridized carbons (Fsp3) is 0.444. The molecule has 3 aromatic rings. The smallest absolute Gasteiger partial charge is 0.222 e. The molecule has 8 heteroatoms. The second kappa shape index (κ2) is 12.4. The first-order valence-corrected chi connectivity index (χ1v) is 13.3. The van der Waals surface area contributed by atoms with Crippen LogP contribution in [0.25, 0.3) is 10.2 Å². The number of hydrogen-bond donors (Lipinski definition) is 0. The normalized spacial score (nSPS) is 14.1. The number of para-hydroxylation sites is 1. The van der Waals surface area contributed by atoms with Crippen molar-refractivity contribution in [2.45, 2.75) is 52.0 Å². The Bertz CT molecular complexity index is 1170. The maximum atomic E-state index is 12.5. The average molecular weight is 489 g/mol. The number of nitriles is 1. The van der Waals surface area contributed by atoms with Crippen molar-refractivity contribution in [3.05, 3.63) is 53.0 Å². The zero-order chi connectivity index (χ0) is 24.5. The van der Waals surface area contributed by atoms with Crippen LogP contribution in [-0.4, -0.2) is 42.0 Å². The zero-order valence-electron chi connectivity index (χ0n) is 20.3. The van der Waals surface area contributed by atoms with Crippen LogP contribution in [0, 0.1) is 11.3 Å². The monoisotopic (exact) mass is 488 g/mol. The van der Waals surface area contributed by atoms with Gasteiger partial charge in [0.2, 0.25) is 5.91 Å². The number of amides is 1. The molecule has 7 nitrogen and oxygen atoms in total. The SMILES string of the molecule is CCCCCCCC(=O)N1CCN(c2ccc(N=NCc3nc4ccccc4s3)c(C#N)c2)CC1. The molecule has 182 valence electrons. The van der Waals surface area contributed by atoms with Gasteiger partial charge >= 0.3 is 0 Å². The number of carbonyl (C=O) groups excluding carboxylic acids is 1. The number of fused-ring (bicyclic) bond motifs is 1. The Morgan fingerprint density at radius 3 is 2.66 bits per heavy atom. The number of carbonyl (C=O) groups is 1. The van der Waals surface area contributed by atoms with E-state index in [0.717, 1.165) is 59.9 Å². The van der Waals surface area contributed by atoms with Crippen molar-refractivity contribution in [3.63, 3.8) is 0 Å². The average Bonchev–Trinajstić information content (AvgIpc) is 3.31. The first kappa shape index (κ1) is 24.8. The highest BCUT2D eigenvalue weighted by molar-refractivity contribution is 7.18. The van der Waals surface area contributed by atoms with Crippen molar-refractivity contribution in [2.75, 3.05) is 31.1 Å². The fourth-order valence-corrected chi connectivity index (χ4v) is 5.19. The molecule has 1 aliphatic heterocycles. The predicted octanol–water partition coefficient (Wildman–Crippen LogP) is 6.46. The Kier molecular flexibility index (Phi) is 8.79. The molecule has 35 heavy (non-hydrogen) atoms. The maximum Gasteiger partial charge on any atom is 0.222 e. The number of aromatic nitrogens is 1.